The molecule has 0 spiro atoms. The number of nitrogens with zero attached hydrogens (tertiary/aromatic N) is 1. The van der Waals surface area contributed by atoms with Crippen LogP contribution in [0.1, 0.15) is 19.3 Å². The van der Waals surface area contributed by atoms with Gasteiger partial charge in [0.15, 0.2) is 0 Å². The van der Waals surface area contributed by atoms with Crippen LogP contribution in [0, 0.1) is 5.92 Å². The van der Waals surface area contributed by atoms with Crippen LogP contribution in [0.5, 0.6) is 0 Å². The molecule has 0 amide bonds. The lowest BCUT2D eigenvalue weighted by atomic mass is 10.0. The third-order valence-electron chi connectivity index (χ3n) is 2.87. The second-order valence-corrected chi connectivity index (χ2v) is 3.80. The predicted molar refractivity (Wildman–Crippen MR) is 50.4 cm³/mol. The first-order chi connectivity index (χ1) is 6.15. The Morgan fingerprint density at radius 3 is 2.85 bits per heavy atom. The van der Waals surface area contributed by atoms with Crippen LogP contribution in [-0.4, -0.2) is 42.2 Å². The fraction of sp³-hybridized carbons (Fsp3) is 0.889. The molecule has 2 unspecified atom stereocenters. The molecule has 0 bridgehead atoms. The van der Waals surface area contributed by atoms with Crippen molar-refractivity contribution < 1.29 is 9.90 Å². The van der Waals surface area contributed by atoms with Crippen LogP contribution in [0.25, 0.3) is 0 Å². The van der Waals surface area contributed by atoms with E-state index in [2.05, 4.69) is 0 Å². The minimum absolute atomic E-state index is 0.126. The molecule has 76 valence electrons. The molecule has 13 heavy (non-hydrogen) atoms. The molecule has 1 rings (SSSR count). The molecule has 0 radical (unpaired) electrons. The van der Waals surface area contributed by atoms with Crippen molar-refractivity contribution in [2.24, 2.45) is 11.7 Å². The SMILES string of the molecule is CN(CC(=O)O)C1CCCC1CN. The molecular weight excluding hydrogens is 168 g/mol. The van der Waals surface area contributed by atoms with E-state index in [0.717, 1.165) is 12.8 Å². The van der Waals surface area contributed by atoms with Crippen molar-refractivity contribution in [2.75, 3.05) is 20.1 Å². The highest BCUT2D eigenvalue weighted by Crippen LogP contribution is 2.28. The predicted octanol–water partition coefficient (Wildman–Crippen LogP) is 0.130. The van der Waals surface area contributed by atoms with E-state index in [0.29, 0.717) is 18.5 Å². The van der Waals surface area contributed by atoms with Gasteiger partial charge in [0.1, 0.15) is 0 Å². The van der Waals surface area contributed by atoms with Gasteiger partial charge in [0.05, 0.1) is 6.54 Å². The van der Waals surface area contributed by atoms with E-state index in [1.54, 1.807) is 0 Å². The summed E-state index contributed by atoms with van der Waals surface area (Å²) < 4.78 is 0. The lowest BCUT2D eigenvalue weighted by Gasteiger charge is -2.27. The average molecular weight is 186 g/mol. The fourth-order valence-corrected chi connectivity index (χ4v) is 2.20. The topological polar surface area (TPSA) is 66.6 Å². The highest BCUT2D eigenvalue weighted by Gasteiger charge is 2.29. The van der Waals surface area contributed by atoms with Crippen LogP contribution in [0.4, 0.5) is 0 Å². The first kappa shape index (κ1) is 10.5. The number of carboxylic acid groups (broad SMARTS) is 1. The minimum atomic E-state index is -0.759. The molecule has 4 heteroatoms. The smallest absolute Gasteiger partial charge is 0.317 e. The number of hydrogen-bond acceptors (Lipinski definition) is 3. The highest BCUT2D eigenvalue weighted by atomic mass is 16.4. The number of hydrogen-bond donors (Lipinski definition) is 2. The van der Waals surface area contributed by atoms with Gasteiger partial charge in [-0.25, -0.2) is 0 Å². The van der Waals surface area contributed by atoms with E-state index in [1.165, 1.54) is 6.42 Å². The van der Waals surface area contributed by atoms with Gasteiger partial charge in [-0.3, -0.25) is 9.69 Å². The summed E-state index contributed by atoms with van der Waals surface area (Å²) in [5.74, 6) is -0.269. The van der Waals surface area contributed by atoms with Crippen LogP contribution < -0.4 is 5.73 Å². The maximum absolute atomic E-state index is 10.5. The summed E-state index contributed by atoms with van der Waals surface area (Å²) in [7, 11) is 1.87. The van der Waals surface area contributed by atoms with Gasteiger partial charge in [-0.2, -0.15) is 0 Å². The molecule has 1 aliphatic carbocycles. The second kappa shape index (κ2) is 4.58. The third-order valence-corrected chi connectivity index (χ3v) is 2.87. The Hall–Kier alpha value is -0.610. The lowest BCUT2D eigenvalue weighted by Crippen LogP contribution is -2.40. The van der Waals surface area contributed by atoms with E-state index in [-0.39, 0.29) is 6.54 Å². The van der Waals surface area contributed by atoms with E-state index in [4.69, 9.17) is 10.8 Å². The van der Waals surface area contributed by atoms with Gasteiger partial charge in [0.2, 0.25) is 0 Å². The van der Waals surface area contributed by atoms with Crippen molar-refractivity contribution in [3.63, 3.8) is 0 Å². The van der Waals surface area contributed by atoms with Crippen molar-refractivity contribution in [3.8, 4) is 0 Å². The molecule has 1 aliphatic rings. The number of nitrogens with two attached hydrogens (primary N) is 1. The highest BCUT2D eigenvalue weighted by molar-refractivity contribution is 5.69. The molecule has 0 aromatic carbocycles. The monoisotopic (exact) mass is 186 g/mol. The Bertz CT molecular complexity index is 184. The summed E-state index contributed by atoms with van der Waals surface area (Å²) in [6.07, 6.45) is 3.41. The van der Waals surface area contributed by atoms with Crippen molar-refractivity contribution in [1.82, 2.24) is 4.90 Å². The van der Waals surface area contributed by atoms with Crippen molar-refractivity contribution >= 4 is 5.97 Å². The molecule has 1 saturated carbocycles. The summed E-state index contributed by atoms with van der Waals surface area (Å²) in [6, 6.07) is 0.376. The van der Waals surface area contributed by atoms with Crippen molar-refractivity contribution in [1.29, 1.82) is 0 Å². The van der Waals surface area contributed by atoms with Gasteiger partial charge < -0.3 is 10.8 Å². The van der Waals surface area contributed by atoms with Gasteiger partial charge in [-0.05, 0) is 32.4 Å². The quantitative estimate of drug-likeness (QED) is 0.655. The molecule has 2 atom stereocenters. The Morgan fingerprint density at radius 2 is 2.31 bits per heavy atom. The first-order valence-electron chi connectivity index (χ1n) is 4.77. The van der Waals surface area contributed by atoms with Gasteiger partial charge in [-0.15, -0.1) is 0 Å². The van der Waals surface area contributed by atoms with Crippen LogP contribution in [0.15, 0.2) is 0 Å². The number of carbonyl (C=O) groups is 1. The maximum atomic E-state index is 10.5. The second-order valence-electron chi connectivity index (χ2n) is 3.80. The molecule has 1 fully saturated rings. The summed E-state index contributed by atoms with van der Waals surface area (Å²) >= 11 is 0. The molecule has 0 aromatic rings. The van der Waals surface area contributed by atoms with E-state index >= 15 is 0 Å². The zero-order valence-corrected chi connectivity index (χ0v) is 8.07. The Balaban J connectivity index is 2.44. The number of likely N-dealkylation sites (N-methyl/N-ethyl adjacent to an activating group) is 1. The average Bonchev–Trinajstić information content (AvgIpc) is 2.49. The van der Waals surface area contributed by atoms with Gasteiger partial charge >= 0.3 is 5.97 Å². The van der Waals surface area contributed by atoms with Gasteiger partial charge in [0.25, 0.3) is 0 Å². The Labute approximate surface area is 78.7 Å². The fourth-order valence-electron chi connectivity index (χ4n) is 2.20. The normalized spacial score (nSPS) is 28.2. The minimum Gasteiger partial charge on any atom is -0.480 e. The number of carboxylic acids is 1. The van der Waals surface area contributed by atoms with Crippen LogP contribution in [-0.2, 0) is 4.79 Å². The summed E-state index contributed by atoms with van der Waals surface area (Å²) in [4.78, 5) is 12.4. The molecule has 0 aliphatic heterocycles. The van der Waals surface area contributed by atoms with Crippen molar-refractivity contribution in [3.05, 3.63) is 0 Å². The Morgan fingerprint density at radius 1 is 1.62 bits per heavy atom. The maximum Gasteiger partial charge on any atom is 0.317 e. The first-order valence-corrected chi connectivity index (χ1v) is 4.77. The molecule has 0 heterocycles. The summed E-state index contributed by atoms with van der Waals surface area (Å²) in [5.41, 5.74) is 5.62. The van der Waals surface area contributed by atoms with E-state index < -0.39 is 5.97 Å². The van der Waals surface area contributed by atoms with Gasteiger partial charge in [-0.1, -0.05) is 6.42 Å². The van der Waals surface area contributed by atoms with E-state index in [1.807, 2.05) is 11.9 Å². The zero-order chi connectivity index (χ0) is 9.84. The Kier molecular flexibility index (Phi) is 3.69. The molecule has 0 aromatic heterocycles. The lowest BCUT2D eigenvalue weighted by molar-refractivity contribution is -0.138. The zero-order valence-electron chi connectivity index (χ0n) is 8.07. The summed E-state index contributed by atoms with van der Waals surface area (Å²) in [5, 5.41) is 8.63. The largest absolute Gasteiger partial charge is 0.480 e. The van der Waals surface area contributed by atoms with Crippen LogP contribution in [0.2, 0.25) is 0 Å². The van der Waals surface area contributed by atoms with Crippen LogP contribution >= 0.6 is 0 Å². The molecule has 0 saturated heterocycles. The summed E-state index contributed by atoms with van der Waals surface area (Å²) in [6.45, 7) is 0.801. The molecule has 4 nitrogen and oxygen atoms in total. The van der Waals surface area contributed by atoms with Crippen LogP contribution in [0.3, 0.4) is 0 Å². The standard InChI is InChI=1S/C9H18N2O2/c1-11(6-9(12)13)8-4-2-3-7(8)5-10/h7-8H,2-6,10H2,1H3,(H,12,13). The third kappa shape index (κ3) is 2.67. The molecular formula is C9H18N2O2. The van der Waals surface area contributed by atoms with E-state index in [9.17, 15) is 4.79 Å². The number of aliphatic carboxylic acids is 1. The number of rotatable bonds is 4. The molecule has 3 N–H and O–H groups in total. The van der Waals surface area contributed by atoms with Crippen molar-refractivity contribution in [2.45, 2.75) is 25.3 Å². The van der Waals surface area contributed by atoms with Gasteiger partial charge in [0, 0.05) is 6.04 Å².